The summed E-state index contributed by atoms with van der Waals surface area (Å²) in [6, 6.07) is 9.75. The first kappa shape index (κ1) is 19.4. The van der Waals surface area contributed by atoms with Crippen LogP contribution >= 0.6 is 0 Å². The molecule has 2 rings (SSSR count). The molecule has 0 radical (unpaired) electrons. The van der Waals surface area contributed by atoms with Gasteiger partial charge in [-0.2, -0.15) is 8.78 Å². The van der Waals surface area contributed by atoms with Crippen molar-refractivity contribution in [1.82, 2.24) is 4.90 Å². The molecule has 0 unspecified atom stereocenters. The lowest BCUT2D eigenvalue weighted by atomic mass is 10.1. The molecule has 0 N–H and O–H groups in total. The number of para-hydroxylation sites is 1. The summed E-state index contributed by atoms with van der Waals surface area (Å²) in [6.45, 7) is -2.77. The van der Waals surface area contributed by atoms with E-state index in [0.717, 1.165) is 0 Å². The normalized spacial score (nSPS) is 10.5. The summed E-state index contributed by atoms with van der Waals surface area (Å²) in [7, 11) is 2.80. The maximum atomic E-state index is 12.8. The van der Waals surface area contributed by atoms with Crippen LogP contribution in [0.4, 0.5) is 13.2 Å². The van der Waals surface area contributed by atoms with Gasteiger partial charge in [-0.3, -0.25) is 4.79 Å². The SMILES string of the molecule is COc1cccc(C(=O)N(C)CCOc2ccc(F)cc2)c1OC(F)F. The Balaban J connectivity index is 2.04. The predicted molar refractivity (Wildman–Crippen MR) is 88.5 cm³/mol. The molecule has 5 nitrogen and oxygen atoms in total. The van der Waals surface area contributed by atoms with Crippen molar-refractivity contribution in [3.05, 3.63) is 53.8 Å². The number of benzene rings is 2. The number of rotatable bonds is 8. The van der Waals surface area contributed by atoms with Gasteiger partial charge in [-0.1, -0.05) is 6.07 Å². The second kappa shape index (κ2) is 8.98. The number of nitrogens with zero attached hydrogens (tertiary/aromatic N) is 1. The minimum atomic E-state index is -3.09. The number of likely N-dealkylation sites (N-methyl/N-ethyl adjacent to an activating group) is 1. The fourth-order valence-corrected chi connectivity index (χ4v) is 2.19. The number of carbonyl (C=O) groups excluding carboxylic acids is 1. The van der Waals surface area contributed by atoms with Gasteiger partial charge in [0.15, 0.2) is 11.5 Å². The Kier molecular flexibility index (Phi) is 6.71. The number of alkyl halides is 2. The van der Waals surface area contributed by atoms with Crippen LogP contribution in [0.3, 0.4) is 0 Å². The molecule has 8 heteroatoms. The highest BCUT2D eigenvalue weighted by Gasteiger charge is 2.22. The molecule has 2 aromatic rings. The number of carbonyl (C=O) groups is 1. The average Bonchev–Trinajstić information content (AvgIpc) is 2.62. The van der Waals surface area contributed by atoms with E-state index in [0.29, 0.717) is 5.75 Å². The van der Waals surface area contributed by atoms with Crippen molar-refractivity contribution in [3.63, 3.8) is 0 Å². The van der Waals surface area contributed by atoms with E-state index in [2.05, 4.69) is 4.74 Å². The van der Waals surface area contributed by atoms with Gasteiger partial charge in [0.05, 0.1) is 19.2 Å². The Hall–Kier alpha value is -2.90. The number of hydrogen-bond acceptors (Lipinski definition) is 4. The summed E-state index contributed by atoms with van der Waals surface area (Å²) in [5, 5.41) is 0. The molecule has 0 bridgehead atoms. The fourth-order valence-electron chi connectivity index (χ4n) is 2.19. The number of hydrogen-bond donors (Lipinski definition) is 0. The zero-order valence-corrected chi connectivity index (χ0v) is 14.2. The first-order valence-corrected chi connectivity index (χ1v) is 7.68. The van der Waals surface area contributed by atoms with E-state index in [-0.39, 0.29) is 36.0 Å². The van der Waals surface area contributed by atoms with Crippen molar-refractivity contribution in [1.29, 1.82) is 0 Å². The minimum Gasteiger partial charge on any atom is -0.493 e. The molecule has 0 saturated carbocycles. The molecular formula is C18H18F3NO4. The zero-order chi connectivity index (χ0) is 19.1. The Labute approximate surface area is 148 Å². The molecule has 0 spiro atoms. The molecule has 0 saturated heterocycles. The first-order valence-electron chi connectivity index (χ1n) is 7.68. The van der Waals surface area contributed by atoms with Gasteiger partial charge in [0.25, 0.3) is 5.91 Å². The lowest BCUT2D eigenvalue weighted by Crippen LogP contribution is -2.31. The predicted octanol–water partition coefficient (Wildman–Crippen LogP) is 3.59. The fraction of sp³-hybridized carbons (Fsp3) is 0.278. The summed E-state index contributed by atoms with van der Waals surface area (Å²) in [5.41, 5.74) is -0.0473. The third-order valence-electron chi connectivity index (χ3n) is 3.49. The van der Waals surface area contributed by atoms with Gasteiger partial charge < -0.3 is 19.1 Å². The third-order valence-corrected chi connectivity index (χ3v) is 3.49. The first-order chi connectivity index (χ1) is 12.4. The van der Waals surface area contributed by atoms with E-state index in [1.165, 1.54) is 61.5 Å². The summed E-state index contributed by atoms with van der Waals surface area (Å²) in [6.07, 6.45) is 0. The van der Waals surface area contributed by atoms with Gasteiger partial charge in [0, 0.05) is 7.05 Å². The van der Waals surface area contributed by atoms with Crippen molar-refractivity contribution in [2.45, 2.75) is 6.61 Å². The van der Waals surface area contributed by atoms with Crippen LogP contribution in [0.25, 0.3) is 0 Å². The summed E-state index contributed by atoms with van der Waals surface area (Å²) >= 11 is 0. The van der Waals surface area contributed by atoms with E-state index in [1.54, 1.807) is 0 Å². The van der Waals surface area contributed by atoms with E-state index in [1.807, 2.05) is 0 Å². The van der Waals surface area contributed by atoms with E-state index in [4.69, 9.17) is 9.47 Å². The molecule has 0 aliphatic carbocycles. The molecule has 0 fully saturated rings. The van der Waals surface area contributed by atoms with Gasteiger partial charge >= 0.3 is 6.61 Å². The highest BCUT2D eigenvalue weighted by atomic mass is 19.3. The van der Waals surface area contributed by atoms with Gasteiger partial charge in [0.1, 0.15) is 18.2 Å². The molecule has 0 aliphatic rings. The van der Waals surface area contributed by atoms with Crippen molar-refractivity contribution in [2.75, 3.05) is 27.3 Å². The molecule has 1 amide bonds. The lowest BCUT2D eigenvalue weighted by molar-refractivity contribution is -0.0516. The zero-order valence-electron chi connectivity index (χ0n) is 14.2. The van der Waals surface area contributed by atoms with Crippen molar-refractivity contribution < 1.29 is 32.2 Å². The highest BCUT2D eigenvalue weighted by Crippen LogP contribution is 2.33. The Bertz CT molecular complexity index is 738. The topological polar surface area (TPSA) is 48.0 Å². The maximum absolute atomic E-state index is 12.8. The average molecular weight is 369 g/mol. The standard InChI is InChI=1S/C18H18F3NO4/c1-22(10-11-25-13-8-6-12(19)7-9-13)17(23)14-4-3-5-15(24-2)16(14)26-18(20)21/h3-9,18H,10-11H2,1-2H3. The number of ether oxygens (including phenoxy) is 3. The van der Waals surface area contributed by atoms with Crippen LogP contribution < -0.4 is 14.2 Å². The molecule has 0 heterocycles. The molecular weight excluding hydrogens is 351 g/mol. The minimum absolute atomic E-state index is 0.0344. The highest BCUT2D eigenvalue weighted by molar-refractivity contribution is 5.97. The summed E-state index contributed by atoms with van der Waals surface area (Å²) < 4.78 is 53.0. The van der Waals surface area contributed by atoms with Crippen LogP contribution in [0.1, 0.15) is 10.4 Å². The quantitative estimate of drug-likeness (QED) is 0.714. The van der Waals surface area contributed by atoms with Gasteiger partial charge in [0.2, 0.25) is 0 Å². The molecule has 0 atom stereocenters. The van der Waals surface area contributed by atoms with Crippen LogP contribution in [0.5, 0.6) is 17.2 Å². The van der Waals surface area contributed by atoms with Crippen LogP contribution in [-0.4, -0.2) is 44.7 Å². The number of halogens is 3. The van der Waals surface area contributed by atoms with Crippen LogP contribution in [0, 0.1) is 5.82 Å². The largest absolute Gasteiger partial charge is 0.493 e. The number of methoxy groups -OCH3 is 1. The molecule has 26 heavy (non-hydrogen) atoms. The van der Waals surface area contributed by atoms with E-state index in [9.17, 15) is 18.0 Å². The molecule has 140 valence electrons. The van der Waals surface area contributed by atoms with Gasteiger partial charge in [-0.15, -0.1) is 0 Å². The second-order valence-electron chi connectivity index (χ2n) is 5.24. The Morgan fingerprint density at radius 3 is 2.46 bits per heavy atom. The second-order valence-corrected chi connectivity index (χ2v) is 5.24. The van der Waals surface area contributed by atoms with E-state index >= 15 is 0 Å². The monoisotopic (exact) mass is 369 g/mol. The van der Waals surface area contributed by atoms with E-state index < -0.39 is 12.5 Å². The van der Waals surface area contributed by atoms with Crippen LogP contribution in [0.15, 0.2) is 42.5 Å². The summed E-state index contributed by atoms with van der Waals surface area (Å²) in [4.78, 5) is 13.8. The number of amides is 1. The van der Waals surface area contributed by atoms with Gasteiger partial charge in [-0.25, -0.2) is 4.39 Å². The van der Waals surface area contributed by atoms with Crippen LogP contribution in [0.2, 0.25) is 0 Å². The Morgan fingerprint density at radius 2 is 1.85 bits per heavy atom. The van der Waals surface area contributed by atoms with Crippen molar-refractivity contribution in [2.24, 2.45) is 0 Å². The van der Waals surface area contributed by atoms with Gasteiger partial charge in [-0.05, 0) is 36.4 Å². The third kappa shape index (κ3) is 5.05. The molecule has 0 aromatic heterocycles. The maximum Gasteiger partial charge on any atom is 0.387 e. The van der Waals surface area contributed by atoms with Crippen molar-refractivity contribution in [3.8, 4) is 17.2 Å². The molecule has 0 aliphatic heterocycles. The summed E-state index contributed by atoms with van der Waals surface area (Å²) in [5.74, 6) is -0.736. The van der Waals surface area contributed by atoms with Crippen molar-refractivity contribution >= 4 is 5.91 Å². The Morgan fingerprint density at radius 1 is 1.15 bits per heavy atom. The lowest BCUT2D eigenvalue weighted by Gasteiger charge is -2.20. The smallest absolute Gasteiger partial charge is 0.387 e. The molecule has 2 aromatic carbocycles. The van der Waals surface area contributed by atoms with Crippen LogP contribution in [-0.2, 0) is 0 Å².